The fraction of sp³-hybridized carbons (Fsp3) is 0.333. The Labute approximate surface area is 126 Å². The summed E-state index contributed by atoms with van der Waals surface area (Å²) in [7, 11) is 1.66. The number of aliphatic hydroxyl groups is 1. The molecule has 0 bridgehead atoms. The minimum Gasteiger partial charge on any atom is -0.496 e. The van der Waals surface area contributed by atoms with E-state index in [0.29, 0.717) is 6.61 Å². The van der Waals surface area contributed by atoms with Gasteiger partial charge in [0.2, 0.25) is 0 Å². The third kappa shape index (κ3) is 3.76. The van der Waals surface area contributed by atoms with E-state index in [0.717, 1.165) is 28.2 Å². The quantitative estimate of drug-likeness (QED) is 0.904. The van der Waals surface area contributed by atoms with Crippen LogP contribution in [-0.2, 0) is 6.61 Å². The average molecular weight is 286 g/mol. The fourth-order valence-electron chi connectivity index (χ4n) is 2.27. The van der Waals surface area contributed by atoms with E-state index in [1.54, 1.807) is 14.0 Å². The lowest BCUT2D eigenvalue weighted by Gasteiger charge is -2.14. The van der Waals surface area contributed by atoms with Crippen molar-refractivity contribution in [3.8, 4) is 11.5 Å². The van der Waals surface area contributed by atoms with E-state index in [9.17, 15) is 5.11 Å². The van der Waals surface area contributed by atoms with Gasteiger partial charge in [0, 0.05) is 5.56 Å². The van der Waals surface area contributed by atoms with Gasteiger partial charge in [0.15, 0.2) is 0 Å². The molecule has 0 saturated heterocycles. The summed E-state index contributed by atoms with van der Waals surface area (Å²) in [5, 5.41) is 9.59. The highest BCUT2D eigenvalue weighted by molar-refractivity contribution is 5.39. The summed E-state index contributed by atoms with van der Waals surface area (Å²) in [6, 6.07) is 11.8. The number of aliphatic hydroxyl groups excluding tert-OH is 1. The zero-order valence-corrected chi connectivity index (χ0v) is 13.0. The predicted octanol–water partition coefficient (Wildman–Crippen LogP) is 3.94. The van der Waals surface area contributed by atoms with Crippen LogP contribution in [0.4, 0.5) is 0 Å². The van der Waals surface area contributed by atoms with Crippen LogP contribution in [0.5, 0.6) is 11.5 Å². The Morgan fingerprint density at radius 1 is 1.05 bits per heavy atom. The van der Waals surface area contributed by atoms with Gasteiger partial charge in [-0.1, -0.05) is 17.7 Å². The molecule has 0 saturated carbocycles. The normalized spacial score (nSPS) is 12.0. The van der Waals surface area contributed by atoms with Crippen molar-refractivity contribution in [2.75, 3.05) is 7.11 Å². The van der Waals surface area contributed by atoms with Gasteiger partial charge in [0.1, 0.15) is 18.1 Å². The topological polar surface area (TPSA) is 38.7 Å². The van der Waals surface area contributed by atoms with Crippen molar-refractivity contribution >= 4 is 0 Å². The van der Waals surface area contributed by atoms with Crippen molar-refractivity contribution in [3.05, 3.63) is 58.7 Å². The molecule has 3 nitrogen and oxygen atoms in total. The van der Waals surface area contributed by atoms with E-state index in [4.69, 9.17) is 9.47 Å². The number of rotatable bonds is 5. The van der Waals surface area contributed by atoms with Crippen LogP contribution in [0.1, 0.15) is 35.3 Å². The number of methoxy groups -OCH3 is 1. The molecule has 112 valence electrons. The number of hydrogen-bond donors (Lipinski definition) is 1. The molecule has 0 aliphatic rings. The zero-order valence-electron chi connectivity index (χ0n) is 13.0. The standard InChI is InChI=1S/C18H22O3/c1-12-5-7-18(20-4)16(9-12)11-21-17-8-6-15(14(3)19)10-13(17)2/h5-10,14,19H,11H2,1-4H3. The second kappa shape index (κ2) is 6.64. The van der Waals surface area contributed by atoms with Crippen LogP contribution in [0.15, 0.2) is 36.4 Å². The summed E-state index contributed by atoms with van der Waals surface area (Å²) < 4.78 is 11.2. The van der Waals surface area contributed by atoms with Gasteiger partial charge in [-0.2, -0.15) is 0 Å². The van der Waals surface area contributed by atoms with E-state index in [1.165, 1.54) is 5.56 Å². The number of benzene rings is 2. The minimum absolute atomic E-state index is 0.458. The molecule has 0 radical (unpaired) electrons. The van der Waals surface area contributed by atoms with Crippen molar-refractivity contribution in [3.63, 3.8) is 0 Å². The Bertz CT molecular complexity index is 618. The molecule has 0 heterocycles. The molecule has 1 atom stereocenters. The summed E-state index contributed by atoms with van der Waals surface area (Å²) >= 11 is 0. The van der Waals surface area contributed by atoms with Crippen LogP contribution >= 0.6 is 0 Å². The van der Waals surface area contributed by atoms with Crippen LogP contribution in [-0.4, -0.2) is 12.2 Å². The Balaban J connectivity index is 2.15. The van der Waals surface area contributed by atoms with Crippen LogP contribution in [0.3, 0.4) is 0 Å². The summed E-state index contributed by atoms with van der Waals surface area (Å²) in [6.07, 6.45) is -0.463. The van der Waals surface area contributed by atoms with Crippen molar-refractivity contribution in [2.45, 2.75) is 33.5 Å². The second-order valence-electron chi connectivity index (χ2n) is 5.30. The number of ether oxygens (including phenoxy) is 2. The summed E-state index contributed by atoms with van der Waals surface area (Å²) in [5.74, 6) is 1.65. The van der Waals surface area contributed by atoms with E-state index in [-0.39, 0.29) is 0 Å². The summed E-state index contributed by atoms with van der Waals surface area (Å²) in [5.41, 5.74) is 4.11. The molecule has 1 N–H and O–H groups in total. The van der Waals surface area contributed by atoms with Gasteiger partial charge in [-0.15, -0.1) is 0 Å². The van der Waals surface area contributed by atoms with Crippen molar-refractivity contribution in [1.29, 1.82) is 0 Å². The van der Waals surface area contributed by atoms with E-state index in [1.807, 2.05) is 44.2 Å². The van der Waals surface area contributed by atoms with Gasteiger partial charge < -0.3 is 14.6 Å². The predicted molar refractivity (Wildman–Crippen MR) is 83.9 cm³/mol. The van der Waals surface area contributed by atoms with Crippen LogP contribution < -0.4 is 9.47 Å². The molecular weight excluding hydrogens is 264 g/mol. The van der Waals surface area contributed by atoms with E-state index in [2.05, 4.69) is 6.07 Å². The maximum atomic E-state index is 9.59. The van der Waals surface area contributed by atoms with Gasteiger partial charge in [0.05, 0.1) is 13.2 Å². The lowest BCUT2D eigenvalue weighted by Crippen LogP contribution is -2.01. The molecule has 0 fully saturated rings. The molecule has 1 unspecified atom stereocenters. The van der Waals surface area contributed by atoms with Crippen molar-refractivity contribution < 1.29 is 14.6 Å². The van der Waals surface area contributed by atoms with Crippen LogP contribution in [0.25, 0.3) is 0 Å². The Morgan fingerprint density at radius 3 is 2.38 bits per heavy atom. The highest BCUT2D eigenvalue weighted by Crippen LogP contribution is 2.26. The van der Waals surface area contributed by atoms with Crippen LogP contribution in [0.2, 0.25) is 0 Å². The number of aryl methyl sites for hydroxylation is 2. The van der Waals surface area contributed by atoms with Gasteiger partial charge in [-0.25, -0.2) is 0 Å². The lowest BCUT2D eigenvalue weighted by atomic mass is 10.1. The Hall–Kier alpha value is -2.00. The highest BCUT2D eigenvalue weighted by atomic mass is 16.5. The molecule has 0 amide bonds. The molecule has 0 aliphatic carbocycles. The molecule has 0 aromatic heterocycles. The van der Waals surface area contributed by atoms with Crippen molar-refractivity contribution in [1.82, 2.24) is 0 Å². The molecule has 3 heteroatoms. The Kier molecular flexibility index (Phi) is 4.86. The number of hydrogen-bond acceptors (Lipinski definition) is 3. The molecular formula is C18H22O3. The van der Waals surface area contributed by atoms with Gasteiger partial charge >= 0.3 is 0 Å². The molecule has 2 aromatic carbocycles. The molecule has 0 aliphatic heterocycles. The summed E-state index contributed by atoms with van der Waals surface area (Å²) in [4.78, 5) is 0. The second-order valence-corrected chi connectivity index (χ2v) is 5.30. The first-order chi connectivity index (χ1) is 10.0. The largest absolute Gasteiger partial charge is 0.496 e. The van der Waals surface area contributed by atoms with E-state index < -0.39 is 6.10 Å². The first kappa shape index (κ1) is 15.4. The zero-order chi connectivity index (χ0) is 15.4. The maximum Gasteiger partial charge on any atom is 0.125 e. The molecule has 2 aromatic rings. The maximum absolute atomic E-state index is 9.59. The summed E-state index contributed by atoms with van der Waals surface area (Å²) in [6.45, 7) is 6.24. The van der Waals surface area contributed by atoms with Crippen molar-refractivity contribution in [2.24, 2.45) is 0 Å². The smallest absolute Gasteiger partial charge is 0.125 e. The highest BCUT2D eigenvalue weighted by Gasteiger charge is 2.08. The van der Waals surface area contributed by atoms with E-state index >= 15 is 0 Å². The van der Waals surface area contributed by atoms with Gasteiger partial charge in [0.25, 0.3) is 0 Å². The molecule has 0 spiro atoms. The first-order valence-electron chi connectivity index (χ1n) is 7.06. The molecule has 21 heavy (non-hydrogen) atoms. The van der Waals surface area contributed by atoms with Gasteiger partial charge in [-0.3, -0.25) is 0 Å². The Morgan fingerprint density at radius 2 is 1.76 bits per heavy atom. The lowest BCUT2D eigenvalue weighted by molar-refractivity contribution is 0.199. The first-order valence-corrected chi connectivity index (χ1v) is 7.06. The average Bonchev–Trinajstić information content (AvgIpc) is 2.46. The fourth-order valence-corrected chi connectivity index (χ4v) is 2.27. The third-order valence-electron chi connectivity index (χ3n) is 3.50. The monoisotopic (exact) mass is 286 g/mol. The van der Waals surface area contributed by atoms with Gasteiger partial charge in [-0.05, 0) is 56.2 Å². The molecule has 2 rings (SSSR count). The van der Waals surface area contributed by atoms with Crippen LogP contribution in [0, 0.1) is 13.8 Å². The SMILES string of the molecule is COc1ccc(C)cc1COc1ccc(C(C)O)cc1C. The minimum atomic E-state index is -0.463. The third-order valence-corrected chi connectivity index (χ3v) is 3.50.